The highest BCUT2D eigenvalue weighted by atomic mass is 16.1. The van der Waals surface area contributed by atoms with E-state index in [0.29, 0.717) is 25.5 Å². The third-order valence-corrected chi connectivity index (χ3v) is 3.62. The molecule has 2 rings (SSSR count). The Morgan fingerprint density at radius 3 is 2.57 bits per heavy atom. The minimum absolute atomic E-state index is 0.0155. The number of nitrogens with zero attached hydrogens (tertiary/aromatic N) is 3. The van der Waals surface area contributed by atoms with Crippen LogP contribution in [0.3, 0.4) is 0 Å². The zero-order valence-corrected chi connectivity index (χ0v) is 13.6. The molecule has 2 aromatic rings. The zero-order chi connectivity index (χ0) is 16.5. The van der Waals surface area contributed by atoms with Crippen molar-refractivity contribution in [2.24, 2.45) is 0 Å². The van der Waals surface area contributed by atoms with Crippen molar-refractivity contribution in [1.82, 2.24) is 15.3 Å². The van der Waals surface area contributed by atoms with Gasteiger partial charge in [0.2, 0.25) is 11.9 Å². The fourth-order valence-corrected chi connectivity index (χ4v) is 2.08. The maximum atomic E-state index is 11.9. The first-order chi connectivity index (χ1) is 11.2. The molecule has 23 heavy (non-hydrogen) atoms. The normalized spacial score (nSPS) is 11.6. The number of hydrogen-bond acceptors (Lipinski definition) is 5. The monoisotopic (exact) mass is 313 g/mol. The smallest absolute Gasteiger partial charge is 0.222 e. The molecule has 0 spiro atoms. The molecule has 6 nitrogen and oxygen atoms in total. The van der Waals surface area contributed by atoms with Gasteiger partial charge < -0.3 is 15.5 Å². The van der Waals surface area contributed by atoms with Crippen molar-refractivity contribution in [3.63, 3.8) is 0 Å². The SMILES string of the molecule is C[C@@H](CNC(=O)CCNc1ncccn1)N(C)c1ccccc1. The summed E-state index contributed by atoms with van der Waals surface area (Å²) in [5.41, 5.74) is 1.14. The summed E-state index contributed by atoms with van der Waals surface area (Å²) in [6, 6.07) is 12.1. The number of hydrogen-bond donors (Lipinski definition) is 2. The van der Waals surface area contributed by atoms with Crippen molar-refractivity contribution in [3.8, 4) is 0 Å². The number of benzene rings is 1. The lowest BCUT2D eigenvalue weighted by Gasteiger charge is -2.27. The number of amides is 1. The Kier molecular flexibility index (Phi) is 6.35. The number of rotatable bonds is 8. The van der Waals surface area contributed by atoms with Crippen molar-refractivity contribution in [3.05, 3.63) is 48.8 Å². The van der Waals surface area contributed by atoms with Crippen molar-refractivity contribution in [2.75, 3.05) is 30.4 Å². The van der Waals surface area contributed by atoms with Crippen LogP contribution in [0.25, 0.3) is 0 Å². The highest BCUT2D eigenvalue weighted by Crippen LogP contribution is 2.13. The van der Waals surface area contributed by atoms with E-state index < -0.39 is 0 Å². The molecule has 1 heterocycles. The number of carbonyl (C=O) groups excluding carboxylic acids is 1. The molecule has 1 amide bonds. The molecule has 1 aromatic carbocycles. The molecule has 0 unspecified atom stereocenters. The molecule has 0 aliphatic rings. The number of likely N-dealkylation sites (N-methyl/N-ethyl adjacent to an activating group) is 1. The van der Waals surface area contributed by atoms with E-state index in [-0.39, 0.29) is 11.9 Å². The Hall–Kier alpha value is -2.63. The lowest BCUT2D eigenvalue weighted by molar-refractivity contribution is -0.120. The molecule has 0 fully saturated rings. The van der Waals surface area contributed by atoms with E-state index in [9.17, 15) is 4.79 Å². The summed E-state index contributed by atoms with van der Waals surface area (Å²) >= 11 is 0. The molecule has 0 saturated carbocycles. The average molecular weight is 313 g/mol. The highest BCUT2D eigenvalue weighted by Gasteiger charge is 2.11. The van der Waals surface area contributed by atoms with Crippen LogP contribution in [0.1, 0.15) is 13.3 Å². The molecule has 0 radical (unpaired) electrons. The maximum absolute atomic E-state index is 11.9. The molecule has 0 bridgehead atoms. The standard InChI is InChI=1S/C17H23N5O/c1-14(22(2)15-7-4-3-5-8-15)13-21-16(23)9-12-20-17-18-10-6-11-19-17/h3-8,10-11,14H,9,12-13H2,1-2H3,(H,21,23)(H,18,19,20)/t14-/m0/s1. The van der Waals surface area contributed by atoms with Gasteiger partial charge in [-0.15, -0.1) is 0 Å². The van der Waals surface area contributed by atoms with Gasteiger partial charge in [-0.2, -0.15) is 0 Å². The van der Waals surface area contributed by atoms with Gasteiger partial charge in [-0.05, 0) is 25.1 Å². The van der Waals surface area contributed by atoms with Gasteiger partial charge in [0.25, 0.3) is 0 Å². The van der Waals surface area contributed by atoms with Gasteiger partial charge in [0.1, 0.15) is 0 Å². The first-order valence-electron chi connectivity index (χ1n) is 7.72. The summed E-state index contributed by atoms with van der Waals surface area (Å²) < 4.78 is 0. The van der Waals surface area contributed by atoms with E-state index in [1.165, 1.54) is 0 Å². The number of para-hydroxylation sites is 1. The van der Waals surface area contributed by atoms with E-state index in [1.807, 2.05) is 25.2 Å². The second-order valence-corrected chi connectivity index (χ2v) is 5.35. The van der Waals surface area contributed by atoms with Crippen molar-refractivity contribution >= 4 is 17.5 Å². The minimum atomic E-state index is 0.0155. The Morgan fingerprint density at radius 2 is 1.87 bits per heavy atom. The fraction of sp³-hybridized carbons (Fsp3) is 0.353. The average Bonchev–Trinajstić information content (AvgIpc) is 2.60. The van der Waals surface area contributed by atoms with Crippen LogP contribution in [0, 0.1) is 0 Å². The second-order valence-electron chi connectivity index (χ2n) is 5.35. The molecular formula is C17H23N5O. The molecule has 0 aliphatic heterocycles. The van der Waals surface area contributed by atoms with Crippen LogP contribution in [-0.2, 0) is 4.79 Å². The van der Waals surface area contributed by atoms with Crippen molar-refractivity contribution in [2.45, 2.75) is 19.4 Å². The molecule has 1 atom stereocenters. The van der Waals surface area contributed by atoms with Gasteiger partial charge in [0.15, 0.2) is 0 Å². The van der Waals surface area contributed by atoms with Gasteiger partial charge in [-0.3, -0.25) is 4.79 Å². The summed E-state index contributed by atoms with van der Waals surface area (Å²) in [5, 5.41) is 5.98. The van der Waals surface area contributed by atoms with Gasteiger partial charge in [0.05, 0.1) is 0 Å². The molecular weight excluding hydrogens is 290 g/mol. The lowest BCUT2D eigenvalue weighted by atomic mass is 10.2. The molecule has 0 saturated heterocycles. The molecule has 2 N–H and O–H groups in total. The molecule has 6 heteroatoms. The van der Waals surface area contributed by atoms with Crippen molar-refractivity contribution in [1.29, 1.82) is 0 Å². The van der Waals surface area contributed by atoms with Gasteiger partial charge in [-0.1, -0.05) is 18.2 Å². The van der Waals surface area contributed by atoms with Gasteiger partial charge >= 0.3 is 0 Å². The maximum Gasteiger partial charge on any atom is 0.222 e. The van der Waals surface area contributed by atoms with Crippen LogP contribution in [0.5, 0.6) is 0 Å². The Balaban J connectivity index is 1.67. The quantitative estimate of drug-likeness (QED) is 0.779. The molecule has 122 valence electrons. The van der Waals surface area contributed by atoms with Crippen LogP contribution in [0.15, 0.2) is 48.8 Å². The third kappa shape index (κ3) is 5.58. The zero-order valence-electron chi connectivity index (χ0n) is 13.6. The fourth-order valence-electron chi connectivity index (χ4n) is 2.08. The summed E-state index contributed by atoms with van der Waals surface area (Å²) in [4.78, 5) is 22.1. The summed E-state index contributed by atoms with van der Waals surface area (Å²) in [6.45, 7) is 3.20. The second kappa shape index (κ2) is 8.73. The van der Waals surface area contributed by atoms with Gasteiger partial charge in [-0.25, -0.2) is 9.97 Å². The van der Waals surface area contributed by atoms with E-state index in [4.69, 9.17) is 0 Å². The number of anilines is 2. The lowest BCUT2D eigenvalue weighted by Crippen LogP contribution is -2.40. The summed E-state index contributed by atoms with van der Waals surface area (Å²) in [7, 11) is 2.03. The number of carbonyl (C=O) groups is 1. The predicted octanol–water partition coefficient (Wildman–Crippen LogP) is 1.92. The molecule has 0 aliphatic carbocycles. The van der Waals surface area contributed by atoms with Crippen molar-refractivity contribution < 1.29 is 4.79 Å². The van der Waals surface area contributed by atoms with Crippen LogP contribution < -0.4 is 15.5 Å². The number of aromatic nitrogens is 2. The molecule has 1 aromatic heterocycles. The van der Waals surface area contributed by atoms with Gasteiger partial charge in [0, 0.05) is 50.7 Å². The van der Waals surface area contributed by atoms with E-state index in [2.05, 4.69) is 44.6 Å². The summed E-state index contributed by atoms with van der Waals surface area (Å²) in [5.74, 6) is 0.555. The van der Waals surface area contributed by atoms with E-state index in [0.717, 1.165) is 5.69 Å². The largest absolute Gasteiger partial charge is 0.370 e. The Labute approximate surface area is 137 Å². The highest BCUT2D eigenvalue weighted by molar-refractivity contribution is 5.76. The van der Waals surface area contributed by atoms with Crippen LogP contribution in [0.4, 0.5) is 11.6 Å². The topological polar surface area (TPSA) is 70.1 Å². The minimum Gasteiger partial charge on any atom is -0.370 e. The Bertz CT molecular complexity index is 590. The first-order valence-corrected chi connectivity index (χ1v) is 7.72. The van der Waals surface area contributed by atoms with E-state index in [1.54, 1.807) is 18.5 Å². The van der Waals surface area contributed by atoms with Crippen LogP contribution in [-0.4, -0.2) is 42.1 Å². The number of nitrogens with one attached hydrogen (secondary N) is 2. The predicted molar refractivity (Wildman–Crippen MR) is 92.5 cm³/mol. The Morgan fingerprint density at radius 1 is 1.17 bits per heavy atom. The van der Waals surface area contributed by atoms with Crippen LogP contribution >= 0.6 is 0 Å². The van der Waals surface area contributed by atoms with Crippen LogP contribution in [0.2, 0.25) is 0 Å². The van der Waals surface area contributed by atoms with E-state index >= 15 is 0 Å². The summed E-state index contributed by atoms with van der Waals surface area (Å²) in [6.07, 6.45) is 3.72. The third-order valence-electron chi connectivity index (χ3n) is 3.62. The first kappa shape index (κ1) is 16.7.